The van der Waals surface area contributed by atoms with Gasteiger partial charge in [0.25, 0.3) is 0 Å². The van der Waals surface area contributed by atoms with Gasteiger partial charge in [0.1, 0.15) is 6.61 Å². The Bertz CT molecular complexity index is 574. The topological polar surface area (TPSA) is 55.4 Å². The number of nitrogens with one attached hydrogen (secondary N) is 1. The van der Waals surface area contributed by atoms with Gasteiger partial charge in [0, 0.05) is 12.8 Å². The van der Waals surface area contributed by atoms with Crippen molar-refractivity contribution in [1.29, 1.82) is 0 Å². The van der Waals surface area contributed by atoms with E-state index in [1.807, 2.05) is 0 Å². The number of rotatable bonds is 33. The third-order valence-electron chi connectivity index (χ3n) is 8.00. The van der Waals surface area contributed by atoms with Crippen molar-refractivity contribution in [2.75, 3.05) is 13.2 Å². The van der Waals surface area contributed by atoms with E-state index in [4.69, 9.17) is 4.74 Å². The summed E-state index contributed by atoms with van der Waals surface area (Å²) in [5, 5.41) is 2.88. The van der Waals surface area contributed by atoms with Crippen molar-refractivity contribution in [1.82, 2.24) is 5.32 Å². The first-order valence-corrected chi connectivity index (χ1v) is 18.4. The quantitative estimate of drug-likeness (QED) is 0.0470. The van der Waals surface area contributed by atoms with Crippen molar-refractivity contribution in [2.24, 2.45) is 0 Å². The van der Waals surface area contributed by atoms with Crippen LogP contribution in [0.4, 0.5) is 0 Å². The van der Waals surface area contributed by atoms with Crippen LogP contribution < -0.4 is 5.32 Å². The van der Waals surface area contributed by atoms with Crippen molar-refractivity contribution in [2.45, 2.75) is 194 Å². The van der Waals surface area contributed by atoms with E-state index in [0.29, 0.717) is 19.4 Å². The Morgan fingerprint density at radius 1 is 0.476 bits per heavy atom. The van der Waals surface area contributed by atoms with Gasteiger partial charge in [-0.1, -0.05) is 141 Å². The Labute approximate surface area is 262 Å². The van der Waals surface area contributed by atoms with Crippen LogP contribution in [0.3, 0.4) is 0 Å². The number of unbranched alkanes of at least 4 members (excludes halogenated alkanes) is 22. The van der Waals surface area contributed by atoms with Crippen LogP contribution in [0.1, 0.15) is 194 Å². The predicted octanol–water partition coefficient (Wildman–Crippen LogP) is 11.7. The summed E-state index contributed by atoms with van der Waals surface area (Å²) in [6.45, 7) is 5.23. The first-order valence-electron chi connectivity index (χ1n) is 18.4. The fourth-order valence-corrected chi connectivity index (χ4v) is 5.21. The van der Waals surface area contributed by atoms with Crippen molar-refractivity contribution in [3.05, 3.63) is 24.3 Å². The lowest BCUT2D eigenvalue weighted by Gasteiger charge is -2.07. The van der Waals surface area contributed by atoms with Gasteiger partial charge in [0.2, 0.25) is 5.91 Å². The molecule has 0 rings (SSSR count). The number of hydrogen-bond donors (Lipinski definition) is 1. The van der Waals surface area contributed by atoms with Gasteiger partial charge < -0.3 is 10.1 Å². The SMILES string of the molecule is CCCCCCCC/C=C\CCCCCCCC(=O)NCCOC(=O)CCCCCCC/C=C\CCCCCCCC. The molecule has 0 aromatic rings. The molecule has 42 heavy (non-hydrogen) atoms. The Balaban J connectivity index is 3.34. The molecule has 0 aromatic heterocycles. The molecule has 0 aromatic carbocycles. The van der Waals surface area contributed by atoms with Gasteiger partial charge in [-0.05, 0) is 64.2 Å². The third kappa shape index (κ3) is 34.6. The molecular formula is C38H71NO3. The lowest BCUT2D eigenvalue weighted by molar-refractivity contribution is -0.144. The molecule has 0 heterocycles. The van der Waals surface area contributed by atoms with Gasteiger partial charge in [-0.2, -0.15) is 0 Å². The van der Waals surface area contributed by atoms with Gasteiger partial charge in [-0.25, -0.2) is 0 Å². The maximum absolute atomic E-state index is 12.0. The van der Waals surface area contributed by atoms with E-state index in [-0.39, 0.29) is 18.5 Å². The molecule has 1 N–H and O–H groups in total. The van der Waals surface area contributed by atoms with Gasteiger partial charge >= 0.3 is 5.97 Å². The molecule has 246 valence electrons. The summed E-state index contributed by atoms with van der Waals surface area (Å²) in [5.41, 5.74) is 0. The zero-order valence-corrected chi connectivity index (χ0v) is 28.2. The average Bonchev–Trinajstić information content (AvgIpc) is 2.99. The minimum atomic E-state index is -0.140. The lowest BCUT2D eigenvalue weighted by Crippen LogP contribution is -2.27. The Hall–Kier alpha value is -1.58. The van der Waals surface area contributed by atoms with E-state index in [2.05, 4.69) is 43.5 Å². The Morgan fingerprint density at radius 2 is 0.833 bits per heavy atom. The predicted molar refractivity (Wildman–Crippen MR) is 183 cm³/mol. The van der Waals surface area contributed by atoms with Crippen LogP contribution in [0.15, 0.2) is 24.3 Å². The fourth-order valence-electron chi connectivity index (χ4n) is 5.21. The molecule has 1 amide bonds. The highest BCUT2D eigenvalue weighted by atomic mass is 16.5. The van der Waals surface area contributed by atoms with E-state index < -0.39 is 0 Å². The summed E-state index contributed by atoms with van der Waals surface area (Å²) < 4.78 is 5.27. The molecule has 4 heteroatoms. The number of hydrogen-bond acceptors (Lipinski definition) is 3. The summed E-state index contributed by atoms with van der Waals surface area (Å²) in [7, 11) is 0. The molecule has 0 saturated carbocycles. The third-order valence-corrected chi connectivity index (χ3v) is 8.00. The number of amides is 1. The first-order chi connectivity index (χ1) is 20.7. The lowest BCUT2D eigenvalue weighted by atomic mass is 10.1. The molecule has 0 radical (unpaired) electrons. The molecular weight excluding hydrogens is 518 g/mol. The molecule has 0 spiro atoms. The average molecular weight is 590 g/mol. The van der Waals surface area contributed by atoms with Crippen LogP contribution in [0.2, 0.25) is 0 Å². The van der Waals surface area contributed by atoms with Crippen molar-refractivity contribution in [3.63, 3.8) is 0 Å². The summed E-state index contributed by atoms with van der Waals surface area (Å²) in [4.78, 5) is 23.9. The molecule has 0 fully saturated rings. The van der Waals surface area contributed by atoms with E-state index in [0.717, 1.165) is 25.7 Å². The van der Waals surface area contributed by atoms with Crippen LogP contribution in [0, 0.1) is 0 Å². The molecule has 0 saturated heterocycles. The maximum Gasteiger partial charge on any atom is 0.305 e. The number of carbonyl (C=O) groups is 2. The molecule has 0 aliphatic heterocycles. The molecule has 0 atom stereocenters. The standard InChI is InChI=1S/C38H71NO3/c1-3-5-7-9-11-13-15-17-19-21-23-25-27-29-31-33-37(40)39-35-36-42-38(41)34-32-30-28-26-24-22-20-18-16-14-12-10-8-6-4-2/h17-20H,3-16,21-36H2,1-2H3,(H,39,40)/b19-17-,20-18-. The minimum absolute atomic E-state index is 0.0703. The van der Waals surface area contributed by atoms with E-state index in [1.54, 1.807) is 0 Å². The normalized spacial score (nSPS) is 11.6. The van der Waals surface area contributed by atoms with Crippen molar-refractivity contribution >= 4 is 11.9 Å². The molecule has 4 nitrogen and oxygen atoms in total. The van der Waals surface area contributed by atoms with Crippen LogP contribution in [-0.4, -0.2) is 25.0 Å². The number of allylic oxidation sites excluding steroid dienone is 4. The zero-order valence-electron chi connectivity index (χ0n) is 28.2. The van der Waals surface area contributed by atoms with Crippen LogP contribution >= 0.6 is 0 Å². The van der Waals surface area contributed by atoms with Crippen LogP contribution in [0.5, 0.6) is 0 Å². The Morgan fingerprint density at radius 3 is 1.26 bits per heavy atom. The van der Waals surface area contributed by atoms with Gasteiger partial charge in [0.05, 0.1) is 6.54 Å². The number of carbonyl (C=O) groups excluding carboxylic acids is 2. The highest BCUT2D eigenvalue weighted by molar-refractivity contribution is 5.75. The maximum atomic E-state index is 12.0. The number of ether oxygens (including phenoxy) is 1. The highest BCUT2D eigenvalue weighted by Gasteiger charge is 2.04. The first kappa shape index (κ1) is 40.4. The molecule has 0 aliphatic rings. The van der Waals surface area contributed by atoms with Gasteiger partial charge in [-0.15, -0.1) is 0 Å². The zero-order chi connectivity index (χ0) is 30.6. The number of esters is 1. The largest absolute Gasteiger partial charge is 0.464 e. The monoisotopic (exact) mass is 590 g/mol. The summed E-state index contributed by atoms with van der Waals surface area (Å²) in [5.74, 6) is -0.0694. The van der Waals surface area contributed by atoms with E-state index >= 15 is 0 Å². The van der Waals surface area contributed by atoms with E-state index in [1.165, 1.54) is 141 Å². The highest BCUT2D eigenvalue weighted by Crippen LogP contribution is 2.11. The second-order valence-corrected chi connectivity index (χ2v) is 12.2. The minimum Gasteiger partial charge on any atom is -0.464 e. The second kappa shape index (κ2) is 35.6. The summed E-state index contributed by atoms with van der Waals surface area (Å²) in [6, 6.07) is 0. The summed E-state index contributed by atoms with van der Waals surface area (Å²) >= 11 is 0. The molecule has 0 bridgehead atoms. The molecule has 0 unspecified atom stereocenters. The Kier molecular flexibility index (Phi) is 34.3. The fraction of sp³-hybridized carbons (Fsp3) is 0.842. The molecule has 0 aliphatic carbocycles. The van der Waals surface area contributed by atoms with Crippen LogP contribution in [0.25, 0.3) is 0 Å². The van der Waals surface area contributed by atoms with Crippen molar-refractivity contribution in [3.8, 4) is 0 Å². The summed E-state index contributed by atoms with van der Waals surface area (Å²) in [6.07, 6.45) is 43.1. The van der Waals surface area contributed by atoms with Gasteiger partial charge in [0.15, 0.2) is 0 Å². The van der Waals surface area contributed by atoms with Crippen molar-refractivity contribution < 1.29 is 14.3 Å². The second-order valence-electron chi connectivity index (χ2n) is 12.2. The smallest absolute Gasteiger partial charge is 0.305 e. The van der Waals surface area contributed by atoms with Crippen LogP contribution in [-0.2, 0) is 14.3 Å². The van der Waals surface area contributed by atoms with Gasteiger partial charge in [-0.3, -0.25) is 9.59 Å². The van der Waals surface area contributed by atoms with E-state index in [9.17, 15) is 9.59 Å².